The molecule has 0 atom stereocenters. The van der Waals surface area contributed by atoms with Crippen LogP contribution in [0.4, 0.5) is 0 Å². The Kier molecular flexibility index (Phi) is 2.92. The van der Waals surface area contributed by atoms with Gasteiger partial charge in [0, 0.05) is 12.3 Å². The smallest absolute Gasteiger partial charge is 0.358 e. The lowest BCUT2D eigenvalue weighted by Crippen LogP contribution is -2.18. The monoisotopic (exact) mass is 268 g/mol. The molecule has 18 heavy (non-hydrogen) atoms. The van der Waals surface area contributed by atoms with Crippen molar-refractivity contribution in [2.45, 2.75) is 11.8 Å². The van der Waals surface area contributed by atoms with E-state index in [-0.39, 0.29) is 5.58 Å². The first-order chi connectivity index (χ1) is 8.40. The van der Waals surface area contributed by atoms with Gasteiger partial charge in [-0.15, -0.1) is 0 Å². The van der Waals surface area contributed by atoms with Crippen molar-refractivity contribution in [2.24, 2.45) is 0 Å². The van der Waals surface area contributed by atoms with Crippen LogP contribution in [0.1, 0.15) is 6.92 Å². The summed E-state index contributed by atoms with van der Waals surface area (Å²) in [5.74, 6) is -1.03. The molecule has 0 saturated carbocycles. The SMILES string of the molecule is CC(=O)OS(=O)(=O)c1cc2ccccc2oc1=O. The molecule has 2 rings (SSSR count). The average molecular weight is 268 g/mol. The van der Waals surface area contributed by atoms with E-state index in [0.717, 1.165) is 13.0 Å². The van der Waals surface area contributed by atoms with E-state index in [1.807, 2.05) is 0 Å². The lowest BCUT2D eigenvalue weighted by Gasteiger charge is -2.03. The van der Waals surface area contributed by atoms with Crippen molar-refractivity contribution >= 4 is 27.1 Å². The second-order valence-electron chi connectivity index (χ2n) is 3.46. The topological polar surface area (TPSA) is 90.7 Å². The number of hydrogen-bond acceptors (Lipinski definition) is 6. The van der Waals surface area contributed by atoms with Crippen LogP contribution in [0.3, 0.4) is 0 Å². The molecule has 94 valence electrons. The third-order valence-electron chi connectivity index (χ3n) is 2.11. The molecule has 0 spiro atoms. The lowest BCUT2D eigenvalue weighted by molar-refractivity contribution is -0.131. The Hall–Kier alpha value is -2.15. The Balaban J connectivity index is 2.69. The Morgan fingerprint density at radius 1 is 1.28 bits per heavy atom. The maximum Gasteiger partial charge on any atom is 0.358 e. The van der Waals surface area contributed by atoms with Gasteiger partial charge in [0.1, 0.15) is 5.58 Å². The zero-order chi connectivity index (χ0) is 13.3. The first-order valence-electron chi connectivity index (χ1n) is 4.88. The molecule has 0 bridgehead atoms. The van der Waals surface area contributed by atoms with Crippen LogP contribution in [0.15, 0.2) is 44.4 Å². The van der Waals surface area contributed by atoms with Crippen LogP contribution in [0.5, 0.6) is 0 Å². The third kappa shape index (κ3) is 2.25. The summed E-state index contributed by atoms with van der Waals surface area (Å²) in [5.41, 5.74) is -0.820. The van der Waals surface area contributed by atoms with E-state index in [4.69, 9.17) is 4.42 Å². The first-order valence-corrected chi connectivity index (χ1v) is 6.29. The van der Waals surface area contributed by atoms with Crippen LogP contribution < -0.4 is 5.63 Å². The zero-order valence-electron chi connectivity index (χ0n) is 9.24. The minimum absolute atomic E-state index is 0.254. The fraction of sp³-hybridized carbons (Fsp3) is 0.0909. The number of benzene rings is 1. The highest BCUT2D eigenvalue weighted by Gasteiger charge is 2.23. The molecular formula is C11H8O6S. The van der Waals surface area contributed by atoms with E-state index in [2.05, 4.69) is 4.18 Å². The lowest BCUT2D eigenvalue weighted by atomic mass is 10.2. The van der Waals surface area contributed by atoms with Crippen LogP contribution >= 0.6 is 0 Å². The van der Waals surface area contributed by atoms with Gasteiger partial charge in [0.05, 0.1) is 0 Å². The molecule has 0 aliphatic rings. The average Bonchev–Trinajstić information content (AvgIpc) is 2.26. The van der Waals surface area contributed by atoms with Crippen LogP contribution in [-0.2, 0) is 19.1 Å². The highest BCUT2D eigenvalue weighted by atomic mass is 32.2. The predicted molar refractivity (Wildman–Crippen MR) is 61.4 cm³/mol. The van der Waals surface area contributed by atoms with Gasteiger partial charge >= 0.3 is 21.7 Å². The predicted octanol–water partition coefficient (Wildman–Crippen LogP) is 1.04. The molecule has 0 unspecified atom stereocenters. The molecule has 0 amide bonds. The van der Waals surface area contributed by atoms with Gasteiger partial charge in [0.25, 0.3) is 0 Å². The number of carbonyl (C=O) groups is 1. The minimum atomic E-state index is -4.44. The van der Waals surface area contributed by atoms with E-state index in [9.17, 15) is 18.0 Å². The van der Waals surface area contributed by atoms with E-state index in [0.29, 0.717) is 5.39 Å². The standard InChI is InChI=1S/C11H8O6S/c1-7(12)17-18(14,15)10-6-8-4-2-3-5-9(8)16-11(10)13/h2-6H,1H3. The number of hydrogen-bond donors (Lipinski definition) is 0. The minimum Gasteiger partial charge on any atom is -0.422 e. The molecule has 6 nitrogen and oxygen atoms in total. The Labute approximate surface area is 102 Å². The van der Waals surface area contributed by atoms with Crippen molar-refractivity contribution in [3.05, 3.63) is 40.8 Å². The number of para-hydroxylation sites is 1. The summed E-state index contributed by atoms with van der Waals surface area (Å²) in [5, 5.41) is 0.419. The van der Waals surface area contributed by atoms with Crippen molar-refractivity contribution in [3.8, 4) is 0 Å². The van der Waals surface area contributed by atoms with Crippen LogP contribution in [0.25, 0.3) is 11.0 Å². The van der Waals surface area contributed by atoms with Crippen molar-refractivity contribution in [1.82, 2.24) is 0 Å². The van der Waals surface area contributed by atoms with Gasteiger partial charge < -0.3 is 8.60 Å². The summed E-state index contributed by atoms with van der Waals surface area (Å²) < 4.78 is 32.2. The van der Waals surface area contributed by atoms with Gasteiger partial charge in [-0.2, -0.15) is 8.42 Å². The number of rotatable bonds is 2. The number of carbonyl (C=O) groups excluding carboxylic acids is 1. The maximum absolute atomic E-state index is 11.6. The molecule has 0 aliphatic heterocycles. The number of fused-ring (bicyclic) bond motifs is 1. The van der Waals surface area contributed by atoms with E-state index < -0.39 is 26.6 Å². The van der Waals surface area contributed by atoms with E-state index in [1.54, 1.807) is 18.2 Å². The van der Waals surface area contributed by atoms with Crippen molar-refractivity contribution in [2.75, 3.05) is 0 Å². The van der Waals surface area contributed by atoms with E-state index >= 15 is 0 Å². The second kappa shape index (κ2) is 4.26. The summed E-state index contributed by atoms with van der Waals surface area (Å²) in [6.07, 6.45) is 0. The highest BCUT2D eigenvalue weighted by molar-refractivity contribution is 7.87. The molecule has 0 saturated heterocycles. The summed E-state index contributed by atoms with van der Waals surface area (Å²) in [6, 6.07) is 7.51. The molecular weight excluding hydrogens is 260 g/mol. The summed E-state index contributed by atoms with van der Waals surface area (Å²) >= 11 is 0. The Morgan fingerprint density at radius 2 is 1.94 bits per heavy atom. The molecule has 7 heteroatoms. The van der Waals surface area contributed by atoms with Gasteiger partial charge in [0.2, 0.25) is 0 Å². The quantitative estimate of drug-likeness (QED) is 0.597. The first kappa shape index (κ1) is 12.3. The largest absolute Gasteiger partial charge is 0.422 e. The van der Waals surface area contributed by atoms with Gasteiger partial charge in [0.15, 0.2) is 4.90 Å². The molecule has 0 N–H and O–H groups in total. The van der Waals surface area contributed by atoms with Crippen LogP contribution in [0, 0.1) is 0 Å². The highest BCUT2D eigenvalue weighted by Crippen LogP contribution is 2.16. The van der Waals surface area contributed by atoms with Gasteiger partial charge in [-0.3, -0.25) is 4.79 Å². The Bertz CT molecular complexity index is 771. The molecule has 0 aliphatic carbocycles. The molecule has 1 heterocycles. The van der Waals surface area contributed by atoms with Gasteiger partial charge in [-0.05, 0) is 12.1 Å². The van der Waals surface area contributed by atoms with Crippen LogP contribution in [0.2, 0.25) is 0 Å². The van der Waals surface area contributed by atoms with Crippen molar-refractivity contribution in [1.29, 1.82) is 0 Å². The van der Waals surface area contributed by atoms with Crippen molar-refractivity contribution in [3.63, 3.8) is 0 Å². The second-order valence-corrected chi connectivity index (χ2v) is 4.98. The normalized spacial score (nSPS) is 11.4. The van der Waals surface area contributed by atoms with Gasteiger partial charge in [-0.25, -0.2) is 4.79 Å². The Morgan fingerprint density at radius 3 is 2.61 bits per heavy atom. The molecule has 1 aromatic heterocycles. The molecule has 0 radical (unpaired) electrons. The summed E-state index contributed by atoms with van der Waals surface area (Å²) in [4.78, 5) is 21.5. The van der Waals surface area contributed by atoms with E-state index in [1.165, 1.54) is 6.07 Å². The van der Waals surface area contributed by atoms with Crippen molar-refractivity contribution < 1.29 is 21.8 Å². The van der Waals surface area contributed by atoms with Crippen LogP contribution in [-0.4, -0.2) is 14.4 Å². The van der Waals surface area contributed by atoms with Gasteiger partial charge in [-0.1, -0.05) is 18.2 Å². The molecule has 0 fully saturated rings. The third-order valence-corrected chi connectivity index (χ3v) is 3.38. The summed E-state index contributed by atoms with van der Waals surface area (Å²) in [7, 11) is -4.44. The fourth-order valence-electron chi connectivity index (χ4n) is 1.42. The maximum atomic E-state index is 11.6. The molecule has 1 aromatic carbocycles. The zero-order valence-corrected chi connectivity index (χ0v) is 10.1. The molecule has 2 aromatic rings. The fourth-order valence-corrected chi connectivity index (χ4v) is 2.33. The summed E-state index contributed by atoms with van der Waals surface area (Å²) in [6.45, 7) is 0.931.